The Morgan fingerprint density at radius 1 is 0.720 bits per heavy atom. The number of rotatable bonds is 0. The van der Waals surface area contributed by atoms with E-state index in [4.69, 9.17) is 4.98 Å². The van der Waals surface area contributed by atoms with E-state index in [1.54, 1.807) is 0 Å². The lowest BCUT2D eigenvalue weighted by Crippen LogP contribution is -2.10. The van der Waals surface area contributed by atoms with Gasteiger partial charge < -0.3 is 0 Å². The van der Waals surface area contributed by atoms with Gasteiger partial charge in [-0.3, -0.25) is 4.40 Å². The molecule has 0 fully saturated rings. The van der Waals surface area contributed by atoms with Crippen LogP contribution in [0, 0.1) is 0 Å². The molecule has 0 amide bonds. The molecule has 3 aromatic carbocycles. The third-order valence-corrected chi connectivity index (χ3v) is 5.12. The maximum absolute atomic E-state index is 4.93. The molecule has 2 nitrogen and oxygen atoms in total. The smallest absolute Gasteiger partial charge is 0.146 e. The third kappa shape index (κ3) is 2.00. The van der Waals surface area contributed by atoms with E-state index < -0.39 is 0 Å². The Kier molecular flexibility index (Phi) is 2.79. The largest absolute Gasteiger partial charge is 0.292 e. The van der Waals surface area contributed by atoms with Crippen LogP contribution in [0.1, 0.15) is 26.3 Å². The van der Waals surface area contributed by atoms with Crippen LogP contribution in [0.3, 0.4) is 0 Å². The van der Waals surface area contributed by atoms with E-state index in [1.807, 2.05) is 0 Å². The molecule has 0 saturated carbocycles. The monoisotopic (exact) mass is 324 g/mol. The molecule has 122 valence electrons. The lowest BCUT2D eigenvalue weighted by atomic mass is 9.86. The van der Waals surface area contributed by atoms with Crippen LogP contribution >= 0.6 is 0 Å². The summed E-state index contributed by atoms with van der Waals surface area (Å²) in [7, 11) is 0. The van der Waals surface area contributed by atoms with Crippen molar-refractivity contribution in [1.82, 2.24) is 9.38 Å². The first-order valence-electron chi connectivity index (χ1n) is 8.76. The van der Waals surface area contributed by atoms with Gasteiger partial charge in [0.25, 0.3) is 0 Å². The van der Waals surface area contributed by atoms with Crippen LogP contribution in [0.15, 0.2) is 66.7 Å². The molecule has 2 heteroatoms. The second kappa shape index (κ2) is 4.82. The summed E-state index contributed by atoms with van der Waals surface area (Å²) in [4.78, 5) is 4.93. The quantitative estimate of drug-likeness (QED) is 0.315. The Labute approximate surface area is 146 Å². The Morgan fingerprint density at radius 3 is 2.24 bits per heavy atom. The highest BCUT2D eigenvalue weighted by atomic mass is 15.0. The van der Waals surface area contributed by atoms with Crippen molar-refractivity contribution in [2.24, 2.45) is 0 Å². The average molecular weight is 324 g/mol. The molecule has 0 aliphatic carbocycles. The van der Waals surface area contributed by atoms with Crippen molar-refractivity contribution in [2.75, 3.05) is 0 Å². The maximum Gasteiger partial charge on any atom is 0.146 e. The number of benzene rings is 3. The zero-order valence-electron chi connectivity index (χ0n) is 14.7. The van der Waals surface area contributed by atoms with Gasteiger partial charge in [0.1, 0.15) is 5.65 Å². The van der Waals surface area contributed by atoms with Gasteiger partial charge in [0.05, 0.1) is 16.6 Å². The van der Waals surface area contributed by atoms with Crippen LogP contribution in [-0.2, 0) is 5.41 Å². The Morgan fingerprint density at radius 2 is 1.44 bits per heavy atom. The Bertz CT molecular complexity index is 1270. The Hall–Kier alpha value is -2.87. The number of imidazole rings is 1. The summed E-state index contributed by atoms with van der Waals surface area (Å²) in [6.45, 7) is 6.80. The van der Waals surface area contributed by atoms with Crippen LogP contribution in [0.25, 0.3) is 38.4 Å². The standard InChI is InChI=1S/C23H20N2/c1-23(2,3)15-12-13-20-18(14-15)16-8-4-5-9-17(16)22-24-19-10-6-7-11-21(19)25(20)22/h4-14H,1-3H3. The van der Waals surface area contributed by atoms with Crippen LogP contribution in [0.2, 0.25) is 0 Å². The van der Waals surface area contributed by atoms with Gasteiger partial charge in [-0.15, -0.1) is 0 Å². The Balaban J connectivity index is 2.10. The van der Waals surface area contributed by atoms with Crippen LogP contribution in [0.4, 0.5) is 0 Å². The molecule has 0 N–H and O–H groups in total. The average Bonchev–Trinajstić information content (AvgIpc) is 3.00. The first-order chi connectivity index (χ1) is 12.0. The normalized spacial score (nSPS) is 12.6. The van der Waals surface area contributed by atoms with Crippen molar-refractivity contribution in [3.05, 3.63) is 72.3 Å². The molecule has 0 aliphatic heterocycles. The molecule has 0 radical (unpaired) electrons. The number of hydrogen-bond donors (Lipinski definition) is 0. The van der Waals surface area contributed by atoms with Crippen molar-refractivity contribution in [3.63, 3.8) is 0 Å². The molecule has 0 bridgehead atoms. The predicted octanol–water partition coefficient (Wildman–Crippen LogP) is 6.09. The topological polar surface area (TPSA) is 17.3 Å². The third-order valence-electron chi connectivity index (χ3n) is 5.12. The fourth-order valence-corrected chi connectivity index (χ4v) is 3.78. The van der Waals surface area contributed by atoms with E-state index in [9.17, 15) is 0 Å². The van der Waals surface area contributed by atoms with Gasteiger partial charge in [-0.05, 0) is 40.6 Å². The molecule has 2 aromatic heterocycles. The van der Waals surface area contributed by atoms with E-state index in [0.717, 1.165) is 16.7 Å². The van der Waals surface area contributed by atoms with Gasteiger partial charge >= 0.3 is 0 Å². The lowest BCUT2D eigenvalue weighted by molar-refractivity contribution is 0.591. The number of nitrogens with zero attached hydrogens (tertiary/aromatic N) is 2. The van der Waals surface area contributed by atoms with Crippen molar-refractivity contribution in [1.29, 1.82) is 0 Å². The van der Waals surface area contributed by atoms with Gasteiger partial charge in [0, 0.05) is 10.8 Å². The van der Waals surface area contributed by atoms with Crippen molar-refractivity contribution >= 4 is 38.4 Å². The number of aromatic nitrogens is 2. The summed E-state index contributed by atoms with van der Waals surface area (Å²) in [6, 6.07) is 23.8. The minimum Gasteiger partial charge on any atom is -0.292 e. The second-order valence-electron chi connectivity index (χ2n) is 7.79. The van der Waals surface area contributed by atoms with E-state index in [1.165, 1.54) is 27.2 Å². The van der Waals surface area contributed by atoms with Gasteiger partial charge in [0.2, 0.25) is 0 Å². The summed E-state index contributed by atoms with van der Waals surface area (Å²) in [5.41, 5.74) is 5.94. The zero-order chi connectivity index (χ0) is 17.2. The summed E-state index contributed by atoms with van der Waals surface area (Å²) in [6.07, 6.45) is 0. The van der Waals surface area contributed by atoms with E-state index in [-0.39, 0.29) is 5.41 Å². The fourth-order valence-electron chi connectivity index (χ4n) is 3.78. The van der Waals surface area contributed by atoms with Crippen LogP contribution in [-0.4, -0.2) is 9.38 Å². The predicted molar refractivity (Wildman–Crippen MR) is 106 cm³/mol. The molecule has 0 atom stereocenters. The number of fused-ring (bicyclic) bond motifs is 8. The summed E-state index contributed by atoms with van der Waals surface area (Å²) < 4.78 is 2.30. The lowest BCUT2D eigenvalue weighted by Gasteiger charge is -2.20. The van der Waals surface area contributed by atoms with Gasteiger partial charge in [-0.2, -0.15) is 0 Å². The number of hydrogen-bond acceptors (Lipinski definition) is 1. The molecule has 2 heterocycles. The summed E-state index contributed by atoms with van der Waals surface area (Å²) >= 11 is 0. The molecule has 0 spiro atoms. The molecule has 0 saturated heterocycles. The SMILES string of the molecule is CC(C)(C)c1ccc2c(c1)c1ccccc1c1nc3ccccc3n21. The highest BCUT2D eigenvalue weighted by Crippen LogP contribution is 2.34. The van der Waals surface area contributed by atoms with Gasteiger partial charge in [-0.25, -0.2) is 4.98 Å². The fraction of sp³-hybridized carbons (Fsp3) is 0.174. The summed E-state index contributed by atoms with van der Waals surface area (Å²) in [5.74, 6) is 0. The van der Waals surface area contributed by atoms with Crippen molar-refractivity contribution in [2.45, 2.75) is 26.2 Å². The van der Waals surface area contributed by atoms with Crippen molar-refractivity contribution < 1.29 is 0 Å². The number of para-hydroxylation sites is 2. The molecular weight excluding hydrogens is 304 g/mol. The molecule has 0 aliphatic rings. The highest BCUT2D eigenvalue weighted by molar-refractivity contribution is 6.13. The highest BCUT2D eigenvalue weighted by Gasteiger charge is 2.17. The first kappa shape index (κ1) is 14.5. The minimum absolute atomic E-state index is 0.126. The maximum atomic E-state index is 4.93. The van der Waals surface area contributed by atoms with Crippen LogP contribution in [0.5, 0.6) is 0 Å². The van der Waals surface area contributed by atoms with Gasteiger partial charge in [-0.1, -0.05) is 63.2 Å². The van der Waals surface area contributed by atoms with Crippen LogP contribution < -0.4 is 0 Å². The van der Waals surface area contributed by atoms with E-state index in [2.05, 4.69) is 91.9 Å². The first-order valence-corrected chi connectivity index (χ1v) is 8.76. The van der Waals surface area contributed by atoms with E-state index in [0.29, 0.717) is 0 Å². The molecule has 0 unspecified atom stereocenters. The zero-order valence-corrected chi connectivity index (χ0v) is 14.7. The molecular formula is C23H20N2. The van der Waals surface area contributed by atoms with Crippen molar-refractivity contribution in [3.8, 4) is 0 Å². The minimum atomic E-state index is 0.126. The molecule has 5 aromatic rings. The summed E-state index contributed by atoms with van der Waals surface area (Å²) in [5, 5.41) is 3.77. The molecule has 5 rings (SSSR count). The second-order valence-corrected chi connectivity index (χ2v) is 7.79. The van der Waals surface area contributed by atoms with E-state index >= 15 is 0 Å². The molecule has 25 heavy (non-hydrogen) atoms. The van der Waals surface area contributed by atoms with Gasteiger partial charge in [0.15, 0.2) is 0 Å². The number of pyridine rings is 1.